The van der Waals surface area contributed by atoms with Crippen molar-refractivity contribution in [2.75, 3.05) is 0 Å². The maximum Gasteiger partial charge on any atom is 0.233 e. The van der Waals surface area contributed by atoms with E-state index in [9.17, 15) is 19.8 Å². The van der Waals surface area contributed by atoms with Gasteiger partial charge in [-0.15, -0.1) is 0 Å². The van der Waals surface area contributed by atoms with Gasteiger partial charge in [0, 0.05) is 12.8 Å². The lowest BCUT2D eigenvalue weighted by atomic mass is 9.84. The smallest absolute Gasteiger partial charge is 0.233 e. The largest absolute Gasteiger partial charge is 0.359 e. The van der Waals surface area contributed by atoms with Crippen molar-refractivity contribution in [1.29, 1.82) is 0 Å². The molecule has 0 heterocycles. The second kappa shape index (κ2) is 31.7. The Morgan fingerprint density at radius 1 is 0.477 bits per heavy atom. The minimum atomic E-state index is -2.53. The van der Waals surface area contributed by atoms with E-state index in [1.54, 1.807) is 6.92 Å². The van der Waals surface area contributed by atoms with Crippen molar-refractivity contribution in [2.24, 2.45) is 5.92 Å². The number of allylic oxidation sites excluding steroid dienone is 4. The molecule has 0 amide bonds. The maximum absolute atomic E-state index is 12.8. The zero-order valence-electron chi connectivity index (χ0n) is 29.6. The minimum absolute atomic E-state index is 0.127. The highest BCUT2D eigenvalue weighted by atomic mass is 16.5. The van der Waals surface area contributed by atoms with Crippen molar-refractivity contribution in [3.05, 3.63) is 24.3 Å². The third-order valence-corrected chi connectivity index (χ3v) is 9.04. The molecule has 44 heavy (non-hydrogen) atoms. The van der Waals surface area contributed by atoms with Crippen LogP contribution in [0.4, 0.5) is 0 Å². The molecule has 1 unspecified atom stereocenters. The standard InChI is InChI=1S/C40H74O4/c1-4-7-9-11-13-15-17-19-21-23-25-27-29-31-33-35-38(41)37(6-3)40(43,44)39(42)36-34-32-30-28-26-24-22-20-18-16-14-12-10-8-5-2/h19-22,37,43-44H,4-18,23-36H2,1-3H3/b21-19-,22-20-. The molecule has 0 aliphatic rings. The van der Waals surface area contributed by atoms with E-state index in [0.717, 1.165) is 64.2 Å². The van der Waals surface area contributed by atoms with Crippen LogP contribution in [0.1, 0.15) is 207 Å². The van der Waals surface area contributed by atoms with Crippen LogP contribution in [0, 0.1) is 5.92 Å². The third-order valence-electron chi connectivity index (χ3n) is 9.04. The van der Waals surface area contributed by atoms with Gasteiger partial charge in [-0.1, -0.05) is 148 Å². The Morgan fingerprint density at radius 2 is 0.795 bits per heavy atom. The molecule has 0 aromatic heterocycles. The molecular weight excluding hydrogens is 544 g/mol. The number of hydrogen-bond donors (Lipinski definition) is 2. The molecule has 1 atom stereocenters. The number of rotatable bonds is 34. The molecule has 4 nitrogen and oxygen atoms in total. The molecule has 0 aliphatic carbocycles. The van der Waals surface area contributed by atoms with E-state index >= 15 is 0 Å². The van der Waals surface area contributed by atoms with Gasteiger partial charge in [0.2, 0.25) is 5.79 Å². The zero-order chi connectivity index (χ0) is 32.6. The van der Waals surface area contributed by atoms with Crippen molar-refractivity contribution < 1.29 is 19.8 Å². The van der Waals surface area contributed by atoms with E-state index < -0.39 is 17.5 Å². The van der Waals surface area contributed by atoms with Crippen LogP contribution in [0.25, 0.3) is 0 Å². The van der Waals surface area contributed by atoms with E-state index in [-0.39, 0.29) is 18.6 Å². The van der Waals surface area contributed by atoms with Crippen LogP contribution in [-0.4, -0.2) is 27.6 Å². The Bertz CT molecular complexity index is 708. The number of hydrogen-bond acceptors (Lipinski definition) is 4. The maximum atomic E-state index is 12.8. The molecule has 0 aromatic carbocycles. The van der Waals surface area contributed by atoms with Crippen molar-refractivity contribution in [1.82, 2.24) is 0 Å². The summed E-state index contributed by atoms with van der Waals surface area (Å²) in [6, 6.07) is 0. The summed E-state index contributed by atoms with van der Waals surface area (Å²) in [7, 11) is 0. The number of unbranched alkanes of at least 4 members (excludes halogenated alkanes) is 22. The number of aliphatic hydroxyl groups is 2. The molecular formula is C40H74O4. The second-order valence-electron chi connectivity index (χ2n) is 13.2. The van der Waals surface area contributed by atoms with Crippen LogP contribution in [-0.2, 0) is 9.59 Å². The summed E-state index contributed by atoms with van der Waals surface area (Å²) in [4.78, 5) is 25.4. The quantitative estimate of drug-likeness (QED) is 0.0427. The SMILES string of the molecule is CCCCCCCC/C=C\CCCCCCCC(=O)C(CC)C(O)(O)C(=O)CCCCCCC/C=C\CCCCCCCC. The normalized spacial score (nSPS) is 12.9. The number of carbonyl (C=O) groups is 2. The predicted molar refractivity (Wildman–Crippen MR) is 190 cm³/mol. The number of carbonyl (C=O) groups excluding carboxylic acids is 2. The summed E-state index contributed by atoms with van der Waals surface area (Å²) in [6.45, 7) is 6.27. The molecule has 2 N–H and O–H groups in total. The Morgan fingerprint density at radius 3 is 1.16 bits per heavy atom. The highest BCUT2D eigenvalue weighted by molar-refractivity contribution is 5.93. The Labute approximate surface area is 274 Å². The highest BCUT2D eigenvalue weighted by Gasteiger charge is 2.43. The van der Waals surface area contributed by atoms with Gasteiger partial charge in [-0.05, 0) is 70.6 Å². The van der Waals surface area contributed by atoms with Gasteiger partial charge >= 0.3 is 0 Å². The van der Waals surface area contributed by atoms with Gasteiger partial charge in [0.25, 0.3) is 0 Å². The van der Waals surface area contributed by atoms with Gasteiger partial charge in [0.05, 0.1) is 5.92 Å². The summed E-state index contributed by atoms with van der Waals surface area (Å²) in [6.07, 6.45) is 40.8. The summed E-state index contributed by atoms with van der Waals surface area (Å²) < 4.78 is 0. The van der Waals surface area contributed by atoms with Crippen molar-refractivity contribution >= 4 is 11.6 Å². The average Bonchev–Trinajstić information content (AvgIpc) is 3.01. The molecule has 0 saturated heterocycles. The molecule has 0 fully saturated rings. The summed E-state index contributed by atoms with van der Waals surface area (Å²) in [5.41, 5.74) is 0. The summed E-state index contributed by atoms with van der Waals surface area (Å²) in [5, 5.41) is 21.3. The van der Waals surface area contributed by atoms with E-state index in [0.29, 0.717) is 12.8 Å². The molecule has 0 bridgehead atoms. The zero-order valence-corrected chi connectivity index (χ0v) is 29.6. The van der Waals surface area contributed by atoms with Crippen LogP contribution in [0.3, 0.4) is 0 Å². The van der Waals surface area contributed by atoms with Gasteiger partial charge in [-0.3, -0.25) is 9.59 Å². The van der Waals surface area contributed by atoms with Crippen LogP contribution in [0.15, 0.2) is 24.3 Å². The van der Waals surface area contributed by atoms with Crippen LogP contribution >= 0.6 is 0 Å². The monoisotopic (exact) mass is 619 g/mol. The Kier molecular flexibility index (Phi) is 30.8. The summed E-state index contributed by atoms with van der Waals surface area (Å²) in [5.74, 6) is -4.34. The fraction of sp³-hybridized carbons (Fsp3) is 0.850. The van der Waals surface area contributed by atoms with E-state index in [1.165, 1.54) is 96.3 Å². The minimum Gasteiger partial charge on any atom is -0.359 e. The molecule has 0 saturated carbocycles. The first-order valence-electron chi connectivity index (χ1n) is 19.2. The molecule has 0 aromatic rings. The highest BCUT2D eigenvalue weighted by Crippen LogP contribution is 2.25. The lowest BCUT2D eigenvalue weighted by molar-refractivity contribution is -0.204. The van der Waals surface area contributed by atoms with Crippen LogP contribution in [0.2, 0.25) is 0 Å². The number of ketones is 2. The topological polar surface area (TPSA) is 74.6 Å². The first kappa shape index (κ1) is 42.7. The van der Waals surface area contributed by atoms with Gasteiger partial charge < -0.3 is 10.2 Å². The first-order chi connectivity index (χ1) is 21.4. The number of Topliss-reactive ketones (excluding diaryl/α,β-unsaturated/α-hetero) is 2. The fourth-order valence-electron chi connectivity index (χ4n) is 6.02. The van der Waals surface area contributed by atoms with Crippen molar-refractivity contribution in [2.45, 2.75) is 213 Å². The second-order valence-corrected chi connectivity index (χ2v) is 13.2. The van der Waals surface area contributed by atoms with Crippen LogP contribution < -0.4 is 0 Å². The lowest BCUT2D eigenvalue weighted by Gasteiger charge is -2.28. The molecule has 0 spiro atoms. The van der Waals surface area contributed by atoms with Gasteiger partial charge in [-0.2, -0.15) is 0 Å². The molecule has 0 radical (unpaired) electrons. The lowest BCUT2D eigenvalue weighted by Crippen LogP contribution is -2.49. The van der Waals surface area contributed by atoms with E-state index in [1.807, 2.05) is 0 Å². The Hall–Kier alpha value is -1.26. The van der Waals surface area contributed by atoms with E-state index in [2.05, 4.69) is 38.2 Å². The summed E-state index contributed by atoms with van der Waals surface area (Å²) >= 11 is 0. The van der Waals surface area contributed by atoms with Gasteiger partial charge in [0.15, 0.2) is 5.78 Å². The molecule has 4 heteroatoms. The van der Waals surface area contributed by atoms with Crippen LogP contribution in [0.5, 0.6) is 0 Å². The molecule has 258 valence electrons. The Balaban J connectivity index is 3.89. The fourth-order valence-corrected chi connectivity index (χ4v) is 6.02. The third kappa shape index (κ3) is 25.0. The molecule has 0 rings (SSSR count). The van der Waals surface area contributed by atoms with Crippen molar-refractivity contribution in [3.63, 3.8) is 0 Å². The average molecular weight is 619 g/mol. The van der Waals surface area contributed by atoms with Crippen molar-refractivity contribution in [3.8, 4) is 0 Å². The molecule has 0 aliphatic heterocycles. The van der Waals surface area contributed by atoms with Gasteiger partial charge in [0.1, 0.15) is 5.78 Å². The first-order valence-corrected chi connectivity index (χ1v) is 19.2. The van der Waals surface area contributed by atoms with E-state index in [4.69, 9.17) is 0 Å². The predicted octanol–water partition coefficient (Wildman–Crippen LogP) is 11.9. The van der Waals surface area contributed by atoms with Gasteiger partial charge in [-0.25, -0.2) is 0 Å².